The highest BCUT2D eigenvalue weighted by molar-refractivity contribution is 8.09. The Morgan fingerprint density at radius 1 is 0.455 bits per heavy atom. The number of nitrogen functional groups attached to an aromatic ring is 2. The fraction of sp³-hybridized carbons (Fsp3) is 0.526. The van der Waals surface area contributed by atoms with Crippen molar-refractivity contribution in [2.75, 3.05) is 51.1 Å². The predicted octanol–water partition coefficient (Wildman–Crippen LogP) is 9.86. The van der Waals surface area contributed by atoms with Crippen LogP contribution in [0.4, 0.5) is 25.1 Å². The number of rotatable bonds is 36. The minimum Gasteiger partial charge on any atom is -0.476 e. The molecule has 3 aliphatic rings. The summed E-state index contributed by atoms with van der Waals surface area (Å²) in [6.07, 6.45) is -9.45. The highest BCUT2D eigenvalue weighted by Crippen LogP contribution is 2.53. The van der Waals surface area contributed by atoms with Crippen LogP contribution in [0.5, 0.6) is 34.9 Å². The van der Waals surface area contributed by atoms with E-state index in [0.29, 0.717) is 54.1 Å². The number of imidazole rings is 3. The van der Waals surface area contributed by atoms with Gasteiger partial charge in [0, 0.05) is 0 Å². The number of fused-ring (bicyclic) bond motifs is 3. The van der Waals surface area contributed by atoms with Gasteiger partial charge in [0.1, 0.15) is 77.8 Å². The number of para-hydroxylation sites is 3. The summed E-state index contributed by atoms with van der Waals surface area (Å²) in [5, 5.41) is 41.6. The quantitative estimate of drug-likeness (QED) is 0.0103. The van der Waals surface area contributed by atoms with Gasteiger partial charge in [-0.05, 0) is 183 Å². The third-order valence-electron chi connectivity index (χ3n) is 18.4. The zero-order chi connectivity index (χ0) is 89.8. The molecular weight excluding hydrogens is 1730 g/mol. The van der Waals surface area contributed by atoms with Gasteiger partial charge in [-0.25, -0.2) is 48.4 Å². The van der Waals surface area contributed by atoms with E-state index in [-0.39, 0.29) is 90.0 Å². The SMILES string of the molecule is CCOc1nc(C)nc2c1ncn2[C@@H]1O[C@H](CO[P@@](=S)(N[C@H](C)C(=O)OC(C)C)Oc2ccccc2)[C@@H](O)[C@@]1(C)F.CCOc1nc(N)nc2c1ncn2[C@@H]1O[C@H](COP(=S)(N[C@H](C)C(=O)OC(C)C)Oc2ccccc2)[C@@H](O)[C@@]1(C)F.CCOc1nc(N)nc2c1ncn2[C@@H]1O[C@H](CO[P@](=S)(N[C@H](C)C(=O)OC(C)C)Oc2ccccc2)[C@@H](O)[C@@]1(C)F. The first-order chi connectivity index (χ1) is 58.0. The van der Waals surface area contributed by atoms with Gasteiger partial charge in [-0.3, -0.25) is 28.1 Å². The van der Waals surface area contributed by atoms with Gasteiger partial charge in [-0.15, -0.1) is 0 Å². The second-order valence-electron chi connectivity index (χ2n) is 29.6. The maximum Gasteiger partial charge on any atom is 0.323 e. The molecule has 10 N–H and O–H groups in total. The summed E-state index contributed by atoms with van der Waals surface area (Å²) in [6, 6.07) is 23.3. The molecule has 0 amide bonds. The smallest absolute Gasteiger partial charge is 0.323 e. The summed E-state index contributed by atoms with van der Waals surface area (Å²) in [5.74, 6) is 0.281. The van der Waals surface area contributed by atoms with Crippen molar-refractivity contribution in [3.63, 3.8) is 0 Å². The normalized spacial score (nSPS) is 24.7. The van der Waals surface area contributed by atoms with E-state index in [1.165, 1.54) is 53.5 Å². The number of benzene rings is 3. The molecule has 3 aliphatic heterocycles. The lowest BCUT2D eigenvalue weighted by Crippen LogP contribution is -2.41. The van der Waals surface area contributed by atoms with Crippen LogP contribution in [-0.2, 0) is 91.8 Å². The Morgan fingerprint density at radius 3 is 0.976 bits per heavy atom. The Kier molecular flexibility index (Phi) is 32.4. The molecule has 47 heteroatoms. The summed E-state index contributed by atoms with van der Waals surface area (Å²) in [6.45, 7) is 15.2. The van der Waals surface area contributed by atoms with Crippen molar-refractivity contribution in [2.24, 2.45) is 0 Å². The number of halogens is 3. The Morgan fingerprint density at radius 2 is 0.715 bits per heavy atom. The van der Waals surface area contributed by atoms with Crippen LogP contribution < -0.4 is 54.5 Å². The van der Waals surface area contributed by atoms with E-state index in [0.717, 1.165) is 0 Å². The molecular formula is C76H103F3N17O21P3S3. The number of alkyl halides is 3. The van der Waals surface area contributed by atoms with Crippen molar-refractivity contribution in [2.45, 2.75) is 220 Å². The second-order valence-corrected chi connectivity index (χ2v) is 39.0. The predicted molar refractivity (Wildman–Crippen MR) is 455 cm³/mol. The Bertz CT molecular complexity index is 4740. The number of carbonyl (C=O) groups is 3. The number of aromatic nitrogens is 12. The maximum absolute atomic E-state index is 16.1. The van der Waals surface area contributed by atoms with Gasteiger partial charge in [0.25, 0.3) is 0 Å². The number of aryl methyl sites for hydroxylation is 1. The van der Waals surface area contributed by atoms with E-state index in [2.05, 4.69) is 60.1 Å². The van der Waals surface area contributed by atoms with Crippen LogP contribution in [0, 0.1) is 6.92 Å². The average molecular weight is 1840 g/mol. The minimum atomic E-state index is -3.46. The van der Waals surface area contributed by atoms with Crippen LogP contribution in [0.25, 0.3) is 33.5 Å². The Hall–Kier alpha value is -8.62. The second kappa shape index (κ2) is 41.2. The number of esters is 3. The molecule has 0 aliphatic carbocycles. The molecule has 12 rings (SSSR count). The van der Waals surface area contributed by atoms with E-state index in [4.69, 9.17) is 117 Å². The number of nitrogens with two attached hydrogens (primary N) is 2. The number of anilines is 2. The first-order valence-corrected chi connectivity index (χ1v) is 47.0. The third kappa shape index (κ3) is 23.7. The molecule has 1 unspecified atom stereocenters. The molecule has 3 saturated heterocycles. The fourth-order valence-corrected chi connectivity index (χ4v) is 19.9. The summed E-state index contributed by atoms with van der Waals surface area (Å²) in [4.78, 5) is 75.4. The largest absolute Gasteiger partial charge is 0.476 e. The molecule has 38 nitrogen and oxygen atoms in total. The third-order valence-corrected chi connectivity index (χ3v) is 25.9. The van der Waals surface area contributed by atoms with E-state index >= 15 is 13.2 Å². The Labute approximate surface area is 722 Å². The lowest BCUT2D eigenvalue weighted by molar-refractivity contribution is -0.149. The number of hydrogen-bond donors (Lipinski definition) is 8. The van der Waals surface area contributed by atoms with Crippen LogP contribution in [0.15, 0.2) is 110 Å². The van der Waals surface area contributed by atoms with E-state index in [1.54, 1.807) is 168 Å². The standard InChI is InChI=1S/C26H35FN5O7PS.2C25H34FN6O7PS/c1-7-35-23-20-22(29-17(5)30-23)32(14-28-20)25-26(6,27)21(33)19(38-25)13-36-40(41,39-18-11-9-8-10-12-18)31-16(4)24(34)37-15(2)3;2*1-6-35-21-18-20(29-24(27)30-21)32(13-28-18)23-25(5,26)19(33)17(38-23)12-36-40(41,39-16-10-8-7-9-11-16)31-15(4)22(34)37-14(2)3/h8-12,14-16,19,21,25,33H,7,13H2,1-6H3,(H,31,41);2*7-11,13-15,17,19,23,33H,6,12H2,1-5H3,(H,31,41)(H2,27,29,30)/t16-,19-,21-,25-,26-,40+;15-,17-,19-,23-,25-,40?;15-,17-,19-,23-,25-,40-/m111/s1. The van der Waals surface area contributed by atoms with Gasteiger partial charge in [0.15, 0.2) is 69.2 Å². The molecule has 9 aromatic rings. The van der Waals surface area contributed by atoms with Gasteiger partial charge in [0.2, 0.25) is 29.5 Å². The zero-order valence-corrected chi connectivity index (χ0v) is 75.3. The number of nitrogens with one attached hydrogen (secondary N) is 3. The van der Waals surface area contributed by atoms with Gasteiger partial charge < -0.3 is 96.6 Å². The number of aliphatic hydroxyl groups excluding tert-OH is 3. The molecule has 123 heavy (non-hydrogen) atoms. The van der Waals surface area contributed by atoms with Crippen molar-refractivity contribution in [3.05, 3.63) is 116 Å². The van der Waals surface area contributed by atoms with Gasteiger partial charge in [-0.1, -0.05) is 54.6 Å². The summed E-state index contributed by atoms with van der Waals surface area (Å²) >= 11 is 17.1. The molecule has 0 radical (unpaired) electrons. The monoisotopic (exact) mass is 1840 g/mol. The topological polar surface area (TPSA) is 469 Å². The van der Waals surface area contributed by atoms with Crippen molar-refractivity contribution in [3.8, 4) is 34.9 Å². The van der Waals surface area contributed by atoms with Crippen LogP contribution in [0.3, 0.4) is 0 Å². The molecule has 9 heterocycles. The number of hydrogen-bond acceptors (Lipinski definition) is 35. The zero-order valence-electron chi connectivity index (χ0n) is 70.2. The van der Waals surface area contributed by atoms with E-state index in [9.17, 15) is 29.7 Å². The first-order valence-electron chi connectivity index (χ1n) is 39.1. The van der Waals surface area contributed by atoms with Crippen molar-refractivity contribution < 1.29 is 113 Å². The maximum atomic E-state index is 16.1. The fourth-order valence-electron chi connectivity index (χ4n) is 12.6. The van der Waals surface area contributed by atoms with Gasteiger partial charge >= 0.3 is 37.8 Å². The van der Waals surface area contributed by atoms with Crippen LogP contribution >= 0.6 is 19.9 Å². The number of ether oxygens (including phenoxy) is 9. The summed E-state index contributed by atoms with van der Waals surface area (Å²) in [7, 11) is 0. The molecule has 0 spiro atoms. The van der Waals surface area contributed by atoms with Crippen LogP contribution in [0.2, 0.25) is 0 Å². The lowest BCUT2D eigenvalue weighted by atomic mass is 9.98. The molecule has 3 fully saturated rings. The molecule has 6 aromatic heterocycles. The summed E-state index contributed by atoms with van der Waals surface area (Å²) < 4.78 is 138. The number of aliphatic hydroxyl groups is 3. The van der Waals surface area contributed by atoms with E-state index in [1.807, 2.05) is 13.0 Å². The molecule has 18 atom stereocenters. The lowest BCUT2D eigenvalue weighted by Gasteiger charge is -2.28. The van der Waals surface area contributed by atoms with Crippen molar-refractivity contribution >= 4 is 119 Å². The first kappa shape index (κ1) is 96.6. The Balaban J connectivity index is 0.000000193. The summed E-state index contributed by atoms with van der Waals surface area (Å²) in [5.41, 5.74) is 6.28. The highest BCUT2D eigenvalue weighted by atomic mass is 32.5. The van der Waals surface area contributed by atoms with Crippen molar-refractivity contribution in [1.29, 1.82) is 0 Å². The van der Waals surface area contributed by atoms with Crippen LogP contribution in [-0.4, -0.2) is 221 Å². The molecule has 672 valence electrons. The van der Waals surface area contributed by atoms with Crippen LogP contribution in [0.1, 0.15) is 128 Å². The molecule has 0 saturated carbocycles. The van der Waals surface area contributed by atoms with Crippen molar-refractivity contribution in [1.82, 2.24) is 73.8 Å². The minimum absolute atomic E-state index is 0.100. The highest BCUT2D eigenvalue weighted by Gasteiger charge is 2.59. The van der Waals surface area contributed by atoms with E-state index < -0.39 is 128 Å². The van der Waals surface area contributed by atoms with Gasteiger partial charge in [0.05, 0.1) is 76.9 Å². The number of nitrogens with zero attached hydrogens (tertiary/aromatic N) is 12. The van der Waals surface area contributed by atoms with Gasteiger partial charge in [-0.2, -0.15) is 24.9 Å². The number of carbonyl (C=O) groups excluding carboxylic acids is 3. The molecule has 0 bridgehead atoms. The average Bonchev–Trinajstić information content (AvgIpc) is 1.60. The molecule has 3 aromatic carbocycles.